The number of methoxy groups -OCH3 is 1. The van der Waals surface area contributed by atoms with Gasteiger partial charge in [0.15, 0.2) is 0 Å². The van der Waals surface area contributed by atoms with E-state index in [0.29, 0.717) is 9.26 Å². The van der Waals surface area contributed by atoms with Gasteiger partial charge in [-0.25, -0.2) is 13.8 Å². The molecule has 72 valence electrons. The molecule has 0 aromatic carbocycles. The number of hydrogen-bond donors (Lipinski definition) is 0. The number of rotatable bonds is 2. The first-order valence-electron chi connectivity index (χ1n) is 3.55. The molecule has 0 fully saturated rings. The molecule has 2 nitrogen and oxygen atoms in total. The number of pyridine rings is 1. The second kappa shape index (κ2) is 4.17. The van der Waals surface area contributed by atoms with Crippen molar-refractivity contribution in [2.75, 3.05) is 7.11 Å². The molecule has 1 aromatic heterocycles. The Hall–Kier alpha value is -0.460. The fraction of sp³-hybridized carbons (Fsp3) is 0.375. The van der Waals surface area contributed by atoms with Crippen molar-refractivity contribution >= 4 is 22.6 Å². The molecular weight excluding hydrogens is 291 g/mol. The normalized spacial score (nSPS) is 10.6. The summed E-state index contributed by atoms with van der Waals surface area (Å²) in [5.41, 5.74) is 0.501. The van der Waals surface area contributed by atoms with E-state index in [1.807, 2.05) is 22.6 Å². The van der Waals surface area contributed by atoms with Crippen LogP contribution in [0.25, 0.3) is 0 Å². The van der Waals surface area contributed by atoms with Crippen LogP contribution in [-0.4, -0.2) is 12.1 Å². The number of aromatic nitrogens is 1. The maximum atomic E-state index is 12.4. The van der Waals surface area contributed by atoms with Crippen molar-refractivity contribution in [2.45, 2.75) is 13.3 Å². The van der Waals surface area contributed by atoms with Crippen molar-refractivity contribution in [3.8, 4) is 5.75 Å². The Labute approximate surface area is 88.5 Å². The smallest absolute Gasteiger partial charge is 0.268 e. The van der Waals surface area contributed by atoms with Crippen molar-refractivity contribution in [2.24, 2.45) is 0 Å². The van der Waals surface area contributed by atoms with Crippen LogP contribution >= 0.6 is 22.6 Å². The van der Waals surface area contributed by atoms with Gasteiger partial charge in [-0.2, -0.15) is 0 Å². The van der Waals surface area contributed by atoms with Gasteiger partial charge in [0.1, 0.15) is 9.45 Å². The highest BCUT2D eigenvalue weighted by Crippen LogP contribution is 2.32. The lowest BCUT2D eigenvalue weighted by atomic mass is 10.2. The van der Waals surface area contributed by atoms with Gasteiger partial charge in [-0.15, -0.1) is 0 Å². The van der Waals surface area contributed by atoms with Gasteiger partial charge in [0.05, 0.1) is 12.7 Å². The van der Waals surface area contributed by atoms with Gasteiger partial charge in [-0.3, -0.25) is 0 Å². The van der Waals surface area contributed by atoms with Gasteiger partial charge in [-0.1, -0.05) is 0 Å². The molecule has 0 saturated heterocycles. The predicted octanol–water partition coefficient (Wildman–Crippen LogP) is 2.94. The highest BCUT2D eigenvalue weighted by Gasteiger charge is 2.17. The van der Waals surface area contributed by atoms with Crippen LogP contribution < -0.4 is 4.74 Å². The number of hydrogen-bond acceptors (Lipinski definition) is 2. The Morgan fingerprint density at radius 3 is 2.62 bits per heavy atom. The maximum absolute atomic E-state index is 12.4. The summed E-state index contributed by atoms with van der Waals surface area (Å²) in [6, 6.07) is 0. The van der Waals surface area contributed by atoms with Crippen LogP contribution in [0.3, 0.4) is 0 Å². The van der Waals surface area contributed by atoms with E-state index in [9.17, 15) is 8.78 Å². The van der Waals surface area contributed by atoms with E-state index < -0.39 is 6.43 Å². The van der Waals surface area contributed by atoms with Crippen LogP contribution in [0.2, 0.25) is 0 Å². The average molecular weight is 299 g/mol. The van der Waals surface area contributed by atoms with E-state index in [-0.39, 0.29) is 11.3 Å². The average Bonchev–Trinajstić information content (AvgIpc) is 2.09. The molecule has 0 aliphatic heterocycles. The lowest BCUT2D eigenvalue weighted by molar-refractivity contribution is 0.146. The van der Waals surface area contributed by atoms with Crippen LogP contribution in [0.15, 0.2) is 6.20 Å². The molecule has 1 heterocycles. The molecule has 0 radical (unpaired) electrons. The first kappa shape index (κ1) is 10.6. The fourth-order valence-corrected chi connectivity index (χ4v) is 1.40. The van der Waals surface area contributed by atoms with Crippen LogP contribution in [0.4, 0.5) is 8.78 Å². The van der Waals surface area contributed by atoms with E-state index in [4.69, 9.17) is 4.74 Å². The molecule has 0 aliphatic carbocycles. The van der Waals surface area contributed by atoms with Gasteiger partial charge < -0.3 is 4.74 Å². The zero-order valence-corrected chi connectivity index (χ0v) is 9.30. The summed E-state index contributed by atoms with van der Waals surface area (Å²) in [6.45, 7) is 1.71. The Balaban J connectivity index is 3.30. The molecule has 0 aliphatic rings. The zero-order chi connectivity index (χ0) is 10.0. The van der Waals surface area contributed by atoms with Crippen molar-refractivity contribution in [1.29, 1.82) is 0 Å². The minimum Gasteiger partial charge on any atom is -0.496 e. The third-order valence-electron chi connectivity index (χ3n) is 1.67. The first-order chi connectivity index (χ1) is 6.07. The number of ether oxygens (including phenoxy) is 1. The lowest BCUT2D eigenvalue weighted by Gasteiger charge is -2.10. The molecule has 1 rings (SSSR count). The molecule has 0 N–H and O–H groups in total. The van der Waals surface area contributed by atoms with Gasteiger partial charge in [0.2, 0.25) is 0 Å². The number of alkyl halides is 2. The molecule has 0 amide bonds. The summed E-state index contributed by atoms with van der Waals surface area (Å²) in [6.07, 6.45) is -1.39. The summed E-state index contributed by atoms with van der Waals surface area (Å²) < 4.78 is 30.4. The topological polar surface area (TPSA) is 22.1 Å². The molecular formula is C8H8F2INO. The number of halogens is 3. The van der Waals surface area contributed by atoms with Gasteiger partial charge >= 0.3 is 0 Å². The number of nitrogens with zero attached hydrogens (tertiary/aromatic N) is 1. The molecule has 0 unspecified atom stereocenters. The summed E-state index contributed by atoms with van der Waals surface area (Å²) in [7, 11) is 1.38. The van der Waals surface area contributed by atoms with E-state index in [1.165, 1.54) is 7.11 Å². The lowest BCUT2D eigenvalue weighted by Crippen LogP contribution is -1.99. The summed E-state index contributed by atoms with van der Waals surface area (Å²) >= 11 is 1.98. The molecule has 5 heteroatoms. The Morgan fingerprint density at radius 1 is 1.54 bits per heavy atom. The predicted molar refractivity (Wildman–Crippen MR) is 53.2 cm³/mol. The van der Waals surface area contributed by atoms with Crippen molar-refractivity contribution in [3.63, 3.8) is 0 Å². The van der Waals surface area contributed by atoms with E-state index in [1.54, 1.807) is 6.92 Å². The van der Waals surface area contributed by atoms with Crippen LogP contribution in [-0.2, 0) is 0 Å². The Morgan fingerprint density at radius 2 is 2.15 bits per heavy atom. The van der Waals surface area contributed by atoms with Gasteiger partial charge in [0.25, 0.3) is 6.43 Å². The minimum atomic E-state index is -2.54. The molecule has 13 heavy (non-hydrogen) atoms. The summed E-state index contributed by atoms with van der Waals surface area (Å²) in [4.78, 5) is 3.84. The SMILES string of the molecule is COc1c(C(F)F)cnc(I)c1C. The second-order valence-electron chi connectivity index (χ2n) is 2.46. The summed E-state index contributed by atoms with van der Waals surface area (Å²) in [5, 5.41) is 0. The minimum absolute atomic E-state index is 0.152. The van der Waals surface area contributed by atoms with Crippen molar-refractivity contribution in [3.05, 3.63) is 21.0 Å². The molecule has 1 aromatic rings. The molecule has 0 spiro atoms. The highest BCUT2D eigenvalue weighted by atomic mass is 127. The van der Waals surface area contributed by atoms with Crippen LogP contribution in [0, 0.1) is 10.6 Å². The van der Waals surface area contributed by atoms with Crippen molar-refractivity contribution < 1.29 is 13.5 Å². The quantitative estimate of drug-likeness (QED) is 0.619. The second-order valence-corrected chi connectivity index (χ2v) is 3.49. The van der Waals surface area contributed by atoms with Crippen molar-refractivity contribution in [1.82, 2.24) is 4.98 Å². The fourth-order valence-electron chi connectivity index (χ4n) is 1.02. The zero-order valence-electron chi connectivity index (χ0n) is 7.14. The Kier molecular flexibility index (Phi) is 3.40. The molecule has 0 bridgehead atoms. The monoisotopic (exact) mass is 299 g/mol. The standard InChI is InChI=1S/C8H8F2INO/c1-4-6(13-2)5(7(9)10)3-12-8(4)11/h3,7H,1-2H3. The first-order valence-corrected chi connectivity index (χ1v) is 4.63. The van der Waals surface area contributed by atoms with Gasteiger partial charge in [0, 0.05) is 11.8 Å². The molecule has 0 atom stereocenters. The molecule has 0 saturated carbocycles. The largest absolute Gasteiger partial charge is 0.496 e. The van der Waals surface area contributed by atoms with E-state index in [0.717, 1.165) is 6.20 Å². The van der Waals surface area contributed by atoms with E-state index >= 15 is 0 Å². The summed E-state index contributed by atoms with van der Waals surface area (Å²) in [5.74, 6) is 0.231. The third-order valence-corrected chi connectivity index (χ3v) is 2.76. The van der Waals surface area contributed by atoms with Gasteiger partial charge in [-0.05, 0) is 29.5 Å². The van der Waals surface area contributed by atoms with Crippen LogP contribution in [0.1, 0.15) is 17.6 Å². The highest BCUT2D eigenvalue weighted by molar-refractivity contribution is 14.1. The maximum Gasteiger partial charge on any atom is 0.268 e. The Bertz CT molecular complexity index is 317. The van der Waals surface area contributed by atoms with E-state index in [2.05, 4.69) is 4.98 Å². The van der Waals surface area contributed by atoms with Crippen LogP contribution in [0.5, 0.6) is 5.75 Å². The third kappa shape index (κ3) is 2.07.